The fraction of sp³-hybridized carbons (Fsp3) is 0.444. The Labute approximate surface area is 171 Å². The van der Waals surface area contributed by atoms with Crippen LogP contribution < -0.4 is 10.6 Å². The van der Waals surface area contributed by atoms with Crippen LogP contribution in [0.4, 0.5) is 5.69 Å². The van der Waals surface area contributed by atoms with Crippen LogP contribution in [0.3, 0.4) is 0 Å². The summed E-state index contributed by atoms with van der Waals surface area (Å²) < 4.78 is 1.78. The van der Waals surface area contributed by atoms with Crippen molar-refractivity contribution in [1.82, 2.24) is 15.1 Å². The van der Waals surface area contributed by atoms with Gasteiger partial charge in [0.1, 0.15) is 0 Å². The summed E-state index contributed by atoms with van der Waals surface area (Å²) in [6, 6.07) is 5.42. The molecule has 8 heteroatoms. The molecule has 1 saturated heterocycles. The number of hydrogen-bond acceptors (Lipinski definition) is 4. The van der Waals surface area contributed by atoms with E-state index in [4.69, 9.17) is 0 Å². The second-order valence-electron chi connectivity index (χ2n) is 6.19. The number of amides is 2. The monoisotopic (exact) mass is 486 g/mol. The number of piperazine rings is 1. The highest BCUT2D eigenvalue weighted by Crippen LogP contribution is 2.26. The summed E-state index contributed by atoms with van der Waals surface area (Å²) in [6.07, 6.45) is 1.67. The summed E-state index contributed by atoms with van der Waals surface area (Å²) in [5, 5.41) is 5.75. The molecule has 1 aromatic carbocycles. The molecule has 0 spiro atoms. The molecule has 6 nitrogen and oxygen atoms in total. The predicted octanol–water partition coefficient (Wildman–Crippen LogP) is 2.46. The van der Waals surface area contributed by atoms with Gasteiger partial charge in [0, 0.05) is 41.7 Å². The van der Waals surface area contributed by atoms with Gasteiger partial charge in [-0.25, -0.2) is 0 Å². The van der Waals surface area contributed by atoms with Crippen molar-refractivity contribution in [3.63, 3.8) is 0 Å². The third-order valence-electron chi connectivity index (χ3n) is 4.33. The van der Waals surface area contributed by atoms with Gasteiger partial charge in [0.2, 0.25) is 11.8 Å². The Kier molecular flexibility index (Phi) is 8.27. The van der Waals surface area contributed by atoms with Crippen molar-refractivity contribution < 1.29 is 9.59 Å². The smallest absolute Gasteiger partial charge is 0.241 e. The first-order chi connectivity index (χ1) is 12.4. The maximum atomic E-state index is 12.6. The van der Waals surface area contributed by atoms with Crippen molar-refractivity contribution in [2.24, 2.45) is 0 Å². The quantitative estimate of drug-likeness (QED) is 0.580. The van der Waals surface area contributed by atoms with E-state index in [1.54, 1.807) is 6.08 Å². The molecule has 142 valence electrons. The van der Waals surface area contributed by atoms with Crippen LogP contribution in [0.2, 0.25) is 0 Å². The minimum absolute atomic E-state index is 0.00392. The number of nitrogens with zero attached hydrogens (tertiary/aromatic N) is 2. The van der Waals surface area contributed by atoms with Gasteiger partial charge < -0.3 is 10.6 Å². The molecule has 1 aliphatic heterocycles. The maximum absolute atomic E-state index is 12.6. The van der Waals surface area contributed by atoms with Crippen LogP contribution in [-0.4, -0.2) is 66.9 Å². The van der Waals surface area contributed by atoms with Gasteiger partial charge in [-0.1, -0.05) is 22.0 Å². The first kappa shape index (κ1) is 21.1. The van der Waals surface area contributed by atoms with E-state index in [1.165, 1.54) is 0 Å². The van der Waals surface area contributed by atoms with E-state index in [-0.39, 0.29) is 17.9 Å². The summed E-state index contributed by atoms with van der Waals surface area (Å²) >= 11 is 6.86. The van der Waals surface area contributed by atoms with E-state index in [1.807, 2.05) is 25.1 Å². The zero-order valence-electron chi connectivity index (χ0n) is 14.8. The number of halogens is 2. The van der Waals surface area contributed by atoms with Crippen molar-refractivity contribution >= 4 is 49.4 Å². The number of carbonyl (C=O) groups is 2. The van der Waals surface area contributed by atoms with Gasteiger partial charge in [-0.2, -0.15) is 0 Å². The van der Waals surface area contributed by atoms with Gasteiger partial charge >= 0.3 is 0 Å². The van der Waals surface area contributed by atoms with Crippen LogP contribution in [-0.2, 0) is 9.59 Å². The molecule has 2 rings (SSSR count). The van der Waals surface area contributed by atoms with Gasteiger partial charge in [0.05, 0.1) is 18.3 Å². The normalized spacial score (nSPS) is 16.7. The number of hydrogen-bond donors (Lipinski definition) is 2. The predicted molar refractivity (Wildman–Crippen MR) is 111 cm³/mol. The molecule has 1 aromatic rings. The first-order valence-corrected chi connectivity index (χ1v) is 10.1. The van der Waals surface area contributed by atoms with Crippen LogP contribution in [0.1, 0.15) is 6.92 Å². The van der Waals surface area contributed by atoms with E-state index >= 15 is 0 Å². The van der Waals surface area contributed by atoms with E-state index in [2.05, 4.69) is 58.9 Å². The van der Waals surface area contributed by atoms with E-state index < -0.39 is 0 Å². The molecule has 2 amide bonds. The summed E-state index contributed by atoms with van der Waals surface area (Å²) in [7, 11) is 0. The number of benzene rings is 1. The van der Waals surface area contributed by atoms with Gasteiger partial charge in [-0.05, 0) is 41.1 Å². The van der Waals surface area contributed by atoms with Gasteiger partial charge in [0.25, 0.3) is 0 Å². The molecular weight excluding hydrogens is 464 g/mol. The molecule has 1 fully saturated rings. The van der Waals surface area contributed by atoms with Crippen LogP contribution in [0.15, 0.2) is 39.8 Å². The highest BCUT2D eigenvalue weighted by Gasteiger charge is 2.26. The zero-order chi connectivity index (χ0) is 19.1. The molecule has 1 heterocycles. The van der Waals surface area contributed by atoms with Crippen molar-refractivity contribution in [2.75, 3.05) is 44.6 Å². The van der Waals surface area contributed by atoms with Crippen LogP contribution in [0, 0.1) is 0 Å². The van der Waals surface area contributed by atoms with Crippen LogP contribution in [0.25, 0.3) is 0 Å². The molecule has 1 atom stereocenters. The average Bonchev–Trinajstić information content (AvgIpc) is 2.62. The Morgan fingerprint density at radius 2 is 1.96 bits per heavy atom. The summed E-state index contributed by atoms with van der Waals surface area (Å²) in [6.45, 7) is 9.41. The molecular formula is C18H24Br2N4O2. The van der Waals surface area contributed by atoms with Gasteiger partial charge in [0.15, 0.2) is 0 Å². The molecule has 1 aliphatic rings. The summed E-state index contributed by atoms with van der Waals surface area (Å²) in [4.78, 5) is 28.6. The summed E-state index contributed by atoms with van der Waals surface area (Å²) in [5.41, 5.74) is 0.752. The second-order valence-corrected chi connectivity index (χ2v) is 7.96. The van der Waals surface area contributed by atoms with Crippen LogP contribution in [0.5, 0.6) is 0 Å². The molecule has 26 heavy (non-hydrogen) atoms. The van der Waals surface area contributed by atoms with Crippen molar-refractivity contribution in [3.05, 3.63) is 39.8 Å². The molecule has 0 saturated carbocycles. The minimum Gasteiger partial charge on any atom is -0.352 e. The van der Waals surface area contributed by atoms with E-state index in [0.29, 0.717) is 13.1 Å². The number of anilines is 1. The maximum Gasteiger partial charge on any atom is 0.241 e. The SMILES string of the molecule is C=CCNC(=O)CN1CCN(C(C)C(=O)Nc2ccc(Br)cc2Br)CC1. The highest BCUT2D eigenvalue weighted by molar-refractivity contribution is 9.11. The Morgan fingerprint density at radius 3 is 2.58 bits per heavy atom. The molecule has 0 bridgehead atoms. The third-order valence-corrected chi connectivity index (χ3v) is 5.48. The lowest BCUT2D eigenvalue weighted by atomic mass is 10.2. The molecule has 1 unspecified atom stereocenters. The minimum atomic E-state index is -0.234. The fourth-order valence-corrected chi connectivity index (χ4v) is 3.89. The zero-order valence-corrected chi connectivity index (χ0v) is 18.0. The Morgan fingerprint density at radius 1 is 1.27 bits per heavy atom. The Hall–Kier alpha value is -1.22. The van der Waals surface area contributed by atoms with E-state index in [0.717, 1.165) is 40.8 Å². The van der Waals surface area contributed by atoms with Gasteiger partial charge in [-0.3, -0.25) is 19.4 Å². The van der Waals surface area contributed by atoms with Crippen molar-refractivity contribution in [1.29, 1.82) is 0 Å². The van der Waals surface area contributed by atoms with Crippen LogP contribution >= 0.6 is 31.9 Å². The van der Waals surface area contributed by atoms with Gasteiger partial charge in [-0.15, -0.1) is 6.58 Å². The second kappa shape index (κ2) is 10.2. The molecule has 0 radical (unpaired) electrons. The molecule has 0 aromatic heterocycles. The largest absolute Gasteiger partial charge is 0.352 e. The third kappa shape index (κ3) is 6.19. The first-order valence-electron chi connectivity index (χ1n) is 8.50. The number of rotatable bonds is 7. The molecule has 0 aliphatic carbocycles. The number of carbonyl (C=O) groups excluding carboxylic acids is 2. The molecule has 2 N–H and O–H groups in total. The summed E-state index contributed by atoms with van der Waals surface area (Å²) in [5.74, 6) is -0.0329. The lowest BCUT2D eigenvalue weighted by Crippen LogP contribution is -2.54. The fourth-order valence-electron chi connectivity index (χ4n) is 2.75. The number of nitrogens with one attached hydrogen (secondary N) is 2. The lowest BCUT2D eigenvalue weighted by Gasteiger charge is -2.37. The van der Waals surface area contributed by atoms with E-state index in [9.17, 15) is 9.59 Å². The lowest BCUT2D eigenvalue weighted by molar-refractivity contribution is -0.124. The highest BCUT2D eigenvalue weighted by atomic mass is 79.9. The average molecular weight is 488 g/mol. The topological polar surface area (TPSA) is 64.7 Å². The van der Waals surface area contributed by atoms with Crippen molar-refractivity contribution in [3.8, 4) is 0 Å². The Bertz CT molecular complexity index is 661. The van der Waals surface area contributed by atoms with Crippen molar-refractivity contribution in [2.45, 2.75) is 13.0 Å². The Balaban J connectivity index is 1.81. The standard InChI is InChI=1S/C18H24Br2N4O2/c1-3-6-21-17(25)12-23-7-9-24(10-8-23)13(2)18(26)22-16-5-4-14(19)11-15(16)20/h3-5,11,13H,1,6-10,12H2,2H3,(H,21,25)(H,22,26).